The Morgan fingerprint density at radius 2 is 1.84 bits per heavy atom. The molecule has 0 aromatic heterocycles. The topological polar surface area (TPSA) is 35.6 Å². The number of hydrogen-bond acceptors (Lipinski definition) is 3. The van der Waals surface area contributed by atoms with E-state index < -0.39 is 0 Å². The van der Waals surface area contributed by atoms with Crippen molar-refractivity contribution >= 4 is 5.91 Å². The van der Waals surface area contributed by atoms with Gasteiger partial charge in [0.1, 0.15) is 0 Å². The minimum Gasteiger partial charge on any atom is -0.341 e. The van der Waals surface area contributed by atoms with Crippen molar-refractivity contribution in [3.8, 4) is 0 Å². The zero-order valence-corrected chi connectivity index (χ0v) is 12.5. The molecule has 2 aliphatic rings. The molecule has 0 unspecified atom stereocenters. The summed E-state index contributed by atoms with van der Waals surface area (Å²) in [6.07, 6.45) is 5.71. The third-order valence-corrected chi connectivity index (χ3v) is 4.71. The Morgan fingerprint density at radius 1 is 1.16 bits per heavy atom. The number of likely N-dealkylation sites (tertiary alicyclic amines) is 1. The fourth-order valence-corrected chi connectivity index (χ4v) is 3.47. The van der Waals surface area contributed by atoms with Crippen LogP contribution in [-0.4, -0.2) is 60.5 Å². The first-order valence-corrected chi connectivity index (χ1v) is 8.02. The van der Waals surface area contributed by atoms with Crippen LogP contribution in [0, 0.1) is 0 Å². The molecule has 2 heterocycles. The molecule has 0 aromatic carbocycles. The van der Waals surface area contributed by atoms with Crippen molar-refractivity contribution in [3.05, 3.63) is 0 Å². The van der Waals surface area contributed by atoms with Gasteiger partial charge in [-0.15, -0.1) is 0 Å². The van der Waals surface area contributed by atoms with E-state index in [1.54, 1.807) is 0 Å². The fraction of sp³-hybridized carbons (Fsp3) is 0.933. The molecule has 2 aliphatic heterocycles. The molecule has 1 atom stereocenters. The molecule has 2 rings (SSSR count). The second kappa shape index (κ2) is 7.25. The SMILES string of the molecule is CCN(CC)C1CCN(C(=O)[C@@H]2CCCCN2)CC1. The number of carbonyl (C=O) groups excluding carboxylic acids is 1. The number of piperidine rings is 2. The third kappa shape index (κ3) is 3.69. The summed E-state index contributed by atoms with van der Waals surface area (Å²) in [7, 11) is 0. The lowest BCUT2D eigenvalue weighted by Gasteiger charge is -2.39. The molecular formula is C15H29N3O. The Balaban J connectivity index is 1.80. The molecular weight excluding hydrogens is 238 g/mol. The van der Waals surface area contributed by atoms with Crippen LogP contribution < -0.4 is 5.32 Å². The van der Waals surface area contributed by atoms with Crippen LogP contribution in [0.4, 0.5) is 0 Å². The molecule has 0 aromatic rings. The molecule has 1 amide bonds. The second-order valence-electron chi connectivity index (χ2n) is 5.78. The molecule has 0 saturated carbocycles. The maximum absolute atomic E-state index is 12.4. The Morgan fingerprint density at radius 3 is 2.37 bits per heavy atom. The van der Waals surface area contributed by atoms with Crippen LogP contribution >= 0.6 is 0 Å². The first-order valence-electron chi connectivity index (χ1n) is 8.02. The van der Waals surface area contributed by atoms with Gasteiger partial charge in [0.2, 0.25) is 5.91 Å². The van der Waals surface area contributed by atoms with E-state index in [0.717, 1.165) is 52.0 Å². The minimum atomic E-state index is 0.0961. The summed E-state index contributed by atoms with van der Waals surface area (Å²) < 4.78 is 0. The molecule has 0 bridgehead atoms. The van der Waals surface area contributed by atoms with E-state index in [9.17, 15) is 4.79 Å². The maximum atomic E-state index is 12.4. The van der Waals surface area contributed by atoms with E-state index >= 15 is 0 Å². The van der Waals surface area contributed by atoms with Crippen molar-refractivity contribution in [3.63, 3.8) is 0 Å². The normalized spacial score (nSPS) is 25.8. The van der Waals surface area contributed by atoms with Gasteiger partial charge in [0.05, 0.1) is 6.04 Å². The fourth-order valence-electron chi connectivity index (χ4n) is 3.47. The Hall–Kier alpha value is -0.610. The van der Waals surface area contributed by atoms with Gasteiger partial charge < -0.3 is 15.1 Å². The van der Waals surface area contributed by atoms with Crippen molar-refractivity contribution in [1.82, 2.24) is 15.1 Å². The van der Waals surface area contributed by atoms with Crippen LogP contribution in [0.5, 0.6) is 0 Å². The molecule has 110 valence electrons. The standard InChI is InChI=1S/C15H29N3O/c1-3-17(4-2)13-8-11-18(12-9-13)15(19)14-7-5-6-10-16-14/h13-14,16H,3-12H2,1-2H3/t14-/m0/s1. The lowest BCUT2D eigenvalue weighted by atomic mass is 9.99. The van der Waals surface area contributed by atoms with Gasteiger partial charge in [0, 0.05) is 19.1 Å². The Kier molecular flexibility index (Phi) is 5.64. The first-order chi connectivity index (χ1) is 9.26. The molecule has 2 saturated heterocycles. The summed E-state index contributed by atoms with van der Waals surface area (Å²) in [4.78, 5) is 17.0. The molecule has 0 aliphatic carbocycles. The molecule has 19 heavy (non-hydrogen) atoms. The number of amides is 1. The van der Waals surface area contributed by atoms with Crippen LogP contribution in [0.3, 0.4) is 0 Å². The van der Waals surface area contributed by atoms with Crippen LogP contribution in [-0.2, 0) is 4.79 Å². The van der Waals surface area contributed by atoms with Crippen LogP contribution in [0.25, 0.3) is 0 Å². The highest BCUT2D eigenvalue weighted by atomic mass is 16.2. The highest BCUT2D eigenvalue weighted by Crippen LogP contribution is 2.18. The zero-order valence-electron chi connectivity index (χ0n) is 12.5. The van der Waals surface area contributed by atoms with Gasteiger partial charge in [-0.3, -0.25) is 4.79 Å². The lowest BCUT2D eigenvalue weighted by Crippen LogP contribution is -2.53. The van der Waals surface area contributed by atoms with Gasteiger partial charge in [-0.1, -0.05) is 20.3 Å². The van der Waals surface area contributed by atoms with Crippen molar-refractivity contribution in [2.24, 2.45) is 0 Å². The molecule has 2 fully saturated rings. The summed E-state index contributed by atoms with van der Waals surface area (Å²) in [6, 6.07) is 0.775. The predicted octanol–water partition coefficient (Wildman–Crippen LogP) is 1.46. The average molecular weight is 267 g/mol. The summed E-state index contributed by atoms with van der Waals surface area (Å²) in [5.41, 5.74) is 0. The lowest BCUT2D eigenvalue weighted by molar-refractivity contribution is -0.135. The van der Waals surface area contributed by atoms with Crippen LogP contribution in [0.15, 0.2) is 0 Å². The van der Waals surface area contributed by atoms with Gasteiger partial charge in [-0.25, -0.2) is 0 Å². The largest absolute Gasteiger partial charge is 0.341 e. The van der Waals surface area contributed by atoms with Gasteiger partial charge >= 0.3 is 0 Å². The van der Waals surface area contributed by atoms with Crippen molar-refractivity contribution in [1.29, 1.82) is 0 Å². The number of nitrogens with one attached hydrogen (secondary N) is 1. The van der Waals surface area contributed by atoms with Gasteiger partial charge in [-0.2, -0.15) is 0 Å². The van der Waals surface area contributed by atoms with E-state index in [0.29, 0.717) is 11.9 Å². The monoisotopic (exact) mass is 267 g/mol. The van der Waals surface area contributed by atoms with Crippen molar-refractivity contribution < 1.29 is 4.79 Å². The number of carbonyl (C=O) groups is 1. The van der Waals surface area contributed by atoms with E-state index in [1.807, 2.05) is 0 Å². The molecule has 4 nitrogen and oxygen atoms in total. The molecule has 0 spiro atoms. The number of nitrogens with zero attached hydrogens (tertiary/aromatic N) is 2. The summed E-state index contributed by atoms with van der Waals surface area (Å²) in [5.74, 6) is 0.345. The predicted molar refractivity (Wildman–Crippen MR) is 78.2 cm³/mol. The third-order valence-electron chi connectivity index (χ3n) is 4.71. The summed E-state index contributed by atoms with van der Waals surface area (Å²) >= 11 is 0. The summed E-state index contributed by atoms with van der Waals surface area (Å²) in [5, 5.41) is 3.37. The van der Waals surface area contributed by atoms with Gasteiger partial charge in [0.25, 0.3) is 0 Å². The average Bonchev–Trinajstić information content (AvgIpc) is 2.49. The van der Waals surface area contributed by atoms with E-state index in [2.05, 4.69) is 29.0 Å². The molecule has 0 radical (unpaired) electrons. The van der Waals surface area contributed by atoms with E-state index in [1.165, 1.54) is 12.8 Å². The minimum absolute atomic E-state index is 0.0961. The highest BCUT2D eigenvalue weighted by Gasteiger charge is 2.30. The zero-order chi connectivity index (χ0) is 13.7. The highest BCUT2D eigenvalue weighted by molar-refractivity contribution is 5.82. The van der Waals surface area contributed by atoms with Crippen molar-refractivity contribution in [2.45, 2.75) is 58.0 Å². The number of hydrogen-bond donors (Lipinski definition) is 1. The molecule has 1 N–H and O–H groups in total. The number of rotatable bonds is 4. The Bertz CT molecular complexity index is 277. The first kappa shape index (κ1) is 14.8. The van der Waals surface area contributed by atoms with Crippen molar-refractivity contribution in [2.75, 3.05) is 32.7 Å². The van der Waals surface area contributed by atoms with Crippen LogP contribution in [0.2, 0.25) is 0 Å². The van der Waals surface area contributed by atoms with Crippen LogP contribution in [0.1, 0.15) is 46.0 Å². The summed E-state index contributed by atoms with van der Waals surface area (Å²) in [6.45, 7) is 9.60. The van der Waals surface area contributed by atoms with E-state index in [4.69, 9.17) is 0 Å². The smallest absolute Gasteiger partial charge is 0.239 e. The quantitative estimate of drug-likeness (QED) is 0.837. The van der Waals surface area contributed by atoms with Gasteiger partial charge in [-0.05, 0) is 45.3 Å². The Labute approximate surface area is 117 Å². The molecule has 4 heteroatoms. The van der Waals surface area contributed by atoms with Gasteiger partial charge in [0.15, 0.2) is 0 Å². The van der Waals surface area contributed by atoms with E-state index in [-0.39, 0.29) is 6.04 Å². The maximum Gasteiger partial charge on any atom is 0.239 e. The second-order valence-corrected chi connectivity index (χ2v) is 5.78.